The van der Waals surface area contributed by atoms with Crippen molar-refractivity contribution in [3.63, 3.8) is 0 Å². The number of halogens is 2. The zero-order valence-electron chi connectivity index (χ0n) is 15.0. The lowest BCUT2D eigenvalue weighted by atomic mass is 10.2. The van der Waals surface area contributed by atoms with Gasteiger partial charge in [0, 0.05) is 12.8 Å². The average Bonchev–Trinajstić information content (AvgIpc) is 2.66. The van der Waals surface area contributed by atoms with Crippen LogP contribution in [0.2, 0.25) is 5.02 Å². The summed E-state index contributed by atoms with van der Waals surface area (Å²) in [7, 11) is 0. The van der Waals surface area contributed by atoms with Crippen molar-refractivity contribution in [3.8, 4) is 11.5 Å². The minimum Gasteiger partial charge on any atom is -0.503 e. The van der Waals surface area contributed by atoms with Crippen molar-refractivity contribution in [2.45, 2.75) is 19.8 Å². The number of nitrogens with one attached hydrogen (secondary N) is 2. The van der Waals surface area contributed by atoms with Crippen molar-refractivity contribution in [2.75, 3.05) is 11.9 Å². The zero-order valence-corrected chi connectivity index (χ0v) is 15.8. The number of aromatic hydroxyl groups is 1. The number of hydrazone groups is 1. The second-order valence-electron chi connectivity index (χ2n) is 5.60. The number of ether oxygens (including phenoxy) is 1. The summed E-state index contributed by atoms with van der Waals surface area (Å²) in [5, 5.41) is 16.0. The van der Waals surface area contributed by atoms with Gasteiger partial charge in [0.25, 0.3) is 0 Å². The average molecular weight is 408 g/mol. The van der Waals surface area contributed by atoms with E-state index in [9.17, 15) is 19.1 Å². The van der Waals surface area contributed by atoms with E-state index in [1.807, 2.05) is 0 Å². The molecule has 2 amide bonds. The summed E-state index contributed by atoms with van der Waals surface area (Å²) in [5.74, 6) is -1.51. The second-order valence-corrected chi connectivity index (χ2v) is 6.01. The highest BCUT2D eigenvalue weighted by molar-refractivity contribution is 6.32. The number of carbonyl (C=O) groups is 2. The molecule has 2 rings (SSSR count). The largest absolute Gasteiger partial charge is 0.503 e. The normalized spacial score (nSPS) is 10.7. The second kappa shape index (κ2) is 10.3. The molecule has 0 aromatic heterocycles. The summed E-state index contributed by atoms with van der Waals surface area (Å²) in [5.41, 5.74) is 2.84. The van der Waals surface area contributed by atoms with Gasteiger partial charge in [-0.15, -0.1) is 0 Å². The van der Waals surface area contributed by atoms with Crippen LogP contribution in [0.3, 0.4) is 0 Å². The van der Waals surface area contributed by atoms with Crippen LogP contribution in [0.25, 0.3) is 0 Å². The van der Waals surface area contributed by atoms with E-state index >= 15 is 0 Å². The van der Waals surface area contributed by atoms with Crippen LogP contribution in [0.1, 0.15) is 25.3 Å². The third kappa shape index (κ3) is 6.24. The lowest BCUT2D eigenvalue weighted by molar-refractivity contribution is -0.124. The van der Waals surface area contributed by atoms with Crippen LogP contribution in [0.4, 0.5) is 10.1 Å². The van der Waals surface area contributed by atoms with Gasteiger partial charge in [0.1, 0.15) is 5.82 Å². The van der Waals surface area contributed by atoms with E-state index in [-0.39, 0.29) is 35.1 Å². The van der Waals surface area contributed by atoms with E-state index in [4.69, 9.17) is 16.3 Å². The van der Waals surface area contributed by atoms with Crippen LogP contribution in [-0.4, -0.2) is 29.7 Å². The first-order valence-corrected chi connectivity index (χ1v) is 8.80. The molecule has 0 spiro atoms. The highest BCUT2D eigenvalue weighted by atomic mass is 35.5. The fourth-order valence-corrected chi connectivity index (χ4v) is 2.39. The van der Waals surface area contributed by atoms with Gasteiger partial charge in [-0.1, -0.05) is 23.7 Å². The Kier molecular flexibility index (Phi) is 7.76. The molecule has 3 N–H and O–H groups in total. The Hall–Kier alpha value is -3.13. The molecule has 148 valence electrons. The summed E-state index contributed by atoms with van der Waals surface area (Å²) in [6.07, 6.45) is 1.07. The van der Waals surface area contributed by atoms with Gasteiger partial charge in [-0.3, -0.25) is 9.59 Å². The van der Waals surface area contributed by atoms with Gasteiger partial charge in [0.2, 0.25) is 11.8 Å². The van der Waals surface area contributed by atoms with E-state index in [1.54, 1.807) is 13.0 Å². The van der Waals surface area contributed by atoms with E-state index in [2.05, 4.69) is 15.8 Å². The predicted octanol–water partition coefficient (Wildman–Crippen LogP) is 3.45. The first-order valence-electron chi connectivity index (χ1n) is 8.42. The van der Waals surface area contributed by atoms with Gasteiger partial charge in [-0.05, 0) is 36.8 Å². The number of amides is 2. The Morgan fingerprint density at radius 3 is 2.68 bits per heavy atom. The molecule has 0 aliphatic rings. The Labute approximate surface area is 166 Å². The summed E-state index contributed by atoms with van der Waals surface area (Å²) in [6.45, 7) is 2.10. The number of anilines is 1. The Morgan fingerprint density at radius 1 is 1.25 bits per heavy atom. The van der Waals surface area contributed by atoms with Crippen molar-refractivity contribution in [1.29, 1.82) is 0 Å². The molecule has 28 heavy (non-hydrogen) atoms. The number of hydrogen-bond acceptors (Lipinski definition) is 5. The first kappa shape index (κ1) is 21.2. The number of phenols is 1. The maximum atomic E-state index is 13.5. The van der Waals surface area contributed by atoms with E-state index in [0.29, 0.717) is 12.2 Å². The molecule has 2 aromatic carbocycles. The zero-order chi connectivity index (χ0) is 20.5. The summed E-state index contributed by atoms with van der Waals surface area (Å²) >= 11 is 5.91. The summed E-state index contributed by atoms with van der Waals surface area (Å²) < 4.78 is 18.7. The topological polar surface area (TPSA) is 100 Å². The fourth-order valence-electron chi connectivity index (χ4n) is 2.17. The Morgan fingerprint density at radius 2 is 1.96 bits per heavy atom. The molecule has 7 nitrogen and oxygen atoms in total. The van der Waals surface area contributed by atoms with Crippen LogP contribution in [-0.2, 0) is 9.59 Å². The third-order valence-corrected chi connectivity index (χ3v) is 3.77. The van der Waals surface area contributed by atoms with Crippen molar-refractivity contribution < 1.29 is 23.8 Å². The SMILES string of the molecule is CCOc1cc(/C=N/NC(=O)CCC(=O)Nc2ccccc2F)cc(Cl)c1O. The van der Waals surface area contributed by atoms with Gasteiger partial charge in [-0.2, -0.15) is 5.10 Å². The number of para-hydroxylation sites is 1. The summed E-state index contributed by atoms with van der Waals surface area (Å²) in [4.78, 5) is 23.6. The van der Waals surface area contributed by atoms with Gasteiger partial charge in [0.05, 0.1) is 23.5 Å². The number of benzene rings is 2. The smallest absolute Gasteiger partial charge is 0.240 e. The maximum Gasteiger partial charge on any atom is 0.240 e. The molecular formula is C19H19ClFN3O4. The first-order chi connectivity index (χ1) is 13.4. The maximum absolute atomic E-state index is 13.5. The van der Waals surface area contributed by atoms with Crippen molar-refractivity contribution in [1.82, 2.24) is 5.43 Å². The van der Waals surface area contributed by atoms with Gasteiger partial charge in [0.15, 0.2) is 11.5 Å². The Bertz CT molecular complexity index is 889. The highest BCUT2D eigenvalue weighted by Gasteiger charge is 2.10. The van der Waals surface area contributed by atoms with E-state index < -0.39 is 17.6 Å². The van der Waals surface area contributed by atoms with E-state index in [0.717, 1.165) is 0 Å². The third-order valence-electron chi connectivity index (χ3n) is 3.48. The van der Waals surface area contributed by atoms with Gasteiger partial charge in [-0.25, -0.2) is 9.82 Å². The quantitative estimate of drug-likeness (QED) is 0.461. The molecule has 0 atom stereocenters. The van der Waals surface area contributed by atoms with Crippen LogP contribution in [0, 0.1) is 5.82 Å². The van der Waals surface area contributed by atoms with Gasteiger partial charge < -0.3 is 15.2 Å². The molecule has 0 unspecified atom stereocenters. The van der Waals surface area contributed by atoms with Crippen molar-refractivity contribution in [2.24, 2.45) is 5.10 Å². The minimum atomic E-state index is -0.552. The molecule has 0 saturated heterocycles. The lowest BCUT2D eigenvalue weighted by Crippen LogP contribution is -2.21. The van der Waals surface area contributed by atoms with Crippen LogP contribution >= 0.6 is 11.6 Å². The summed E-state index contributed by atoms with van der Waals surface area (Å²) in [6, 6.07) is 8.72. The fraction of sp³-hybridized carbons (Fsp3) is 0.211. The minimum absolute atomic E-state index is 0.0558. The number of nitrogens with zero attached hydrogens (tertiary/aromatic N) is 1. The molecule has 9 heteroatoms. The van der Waals surface area contributed by atoms with Crippen molar-refractivity contribution >= 4 is 35.3 Å². The molecule has 0 heterocycles. The van der Waals surface area contributed by atoms with Crippen LogP contribution in [0.15, 0.2) is 41.5 Å². The molecule has 2 aromatic rings. The number of carbonyl (C=O) groups excluding carboxylic acids is 2. The number of hydrogen-bond donors (Lipinski definition) is 3. The predicted molar refractivity (Wildman–Crippen MR) is 104 cm³/mol. The number of rotatable bonds is 8. The standard InChI is InChI=1S/C19H19ClFN3O4/c1-2-28-16-10-12(9-13(20)19(16)27)11-22-24-18(26)8-7-17(25)23-15-6-4-3-5-14(15)21/h3-6,9-11,27H,2,7-8H2,1H3,(H,23,25)(H,24,26)/b22-11+. The molecule has 0 saturated carbocycles. The molecule has 0 aliphatic heterocycles. The molecule has 0 bridgehead atoms. The van der Waals surface area contributed by atoms with Crippen LogP contribution in [0.5, 0.6) is 11.5 Å². The Balaban J connectivity index is 1.83. The molecule has 0 fully saturated rings. The number of phenolic OH excluding ortho intramolecular Hbond substituents is 1. The molecular weight excluding hydrogens is 389 g/mol. The van der Waals surface area contributed by atoms with Crippen LogP contribution < -0.4 is 15.5 Å². The molecule has 0 aliphatic carbocycles. The van der Waals surface area contributed by atoms with Gasteiger partial charge >= 0.3 is 0 Å². The highest BCUT2D eigenvalue weighted by Crippen LogP contribution is 2.34. The monoisotopic (exact) mass is 407 g/mol. The van der Waals surface area contributed by atoms with Crippen molar-refractivity contribution in [3.05, 3.63) is 52.8 Å². The molecule has 0 radical (unpaired) electrons. The lowest BCUT2D eigenvalue weighted by Gasteiger charge is -2.08. The van der Waals surface area contributed by atoms with E-state index in [1.165, 1.54) is 36.5 Å².